The quantitative estimate of drug-likeness (QED) is 0.193. The fourth-order valence-corrected chi connectivity index (χ4v) is 5.58. The third-order valence-electron chi connectivity index (χ3n) is 6.43. The Kier molecular flexibility index (Phi) is 6.42. The number of ketones is 1. The zero-order valence-electron chi connectivity index (χ0n) is 19.3. The molecule has 2 aliphatic rings. The Balaban J connectivity index is 1.71. The van der Waals surface area contributed by atoms with Crippen molar-refractivity contribution in [2.45, 2.75) is 45.2 Å². The summed E-state index contributed by atoms with van der Waals surface area (Å²) >= 11 is 11.3. The molecule has 11 heteroatoms. The lowest BCUT2D eigenvalue weighted by Crippen LogP contribution is -2.72. The van der Waals surface area contributed by atoms with Crippen LogP contribution in [0.3, 0.4) is 0 Å². The Morgan fingerprint density at radius 2 is 1.72 bits per heavy atom. The van der Waals surface area contributed by atoms with Crippen LogP contribution in [0.4, 0.5) is 22.4 Å². The standard InChI is InChI=1S/C25H21Cl2F4NO4/c1-23(2,3)21-24(11-32(21)22(34)35)15-5-4-12(6-14(15)10-36-24)19(33)9-16(25(29,30)31)13-7-17(26)20(28)18(27)8-13/h4-9,21H,10-11H2,1-3H3,(H,34,35)/b16-9+. The van der Waals surface area contributed by atoms with E-state index in [0.717, 1.165) is 12.1 Å². The summed E-state index contributed by atoms with van der Waals surface area (Å²) in [6.07, 6.45) is -5.60. The normalized spacial score (nSPS) is 22.0. The van der Waals surface area contributed by atoms with E-state index in [1.807, 2.05) is 20.8 Å². The van der Waals surface area contributed by atoms with E-state index in [0.29, 0.717) is 17.2 Å². The van der Waals surface area contributed by atoms with Gasteiger partial charge in [0.05, 0.1) is 34.8 Å². The number of allylic oxidation sites excluding steroid dienone is 2. The lowest BCUT2D eigenvalue weighted by atomic mass is 9.66. The first kappa shape index (κ1) is 26.4. The first-order valence-electron chi connectivity index (χ1n) is 10.8. The molecule has 1 N–H and O–H groups in total. The number of hydrogen-bond acceptors (Lipinski definition) is 3. The molecule has 2 aromatic carbocycles. The van der Waals surface area contributed by atoms with Gasteiger partial charge >= 0.3 is 12.3 Å². The van der Waals surface area contributed by atoms with Gasteiger partial charge in [-0.1, -0.05) is 56.1 Å². The maximum absolute atomic E-state index is 13.8. The van der Waals surface area contributed by atoms with E-state index in [1.54, 1.807) is 6.07 Å². The highest BCUT2D eigenvalue weighted by molar-refractivity contribution is 6.35. The summed E-state index contributed by atoms with van der Waals surface area (Å²) in [5, 5.41) is 8.34. The maximum atomic E-state index is 13.8. The summed E-state index contributed by atoms with van der Waals surface area (Å²) in [7, 11) is 0. The van der Waals surface area contributed by atoms with Crippen LogP contribution in [0.25, 0.3) is 5.57 Å². The van der Waals surface area contributed by atoms with E-state index in [1.165, 1.54) is 17.0 Å². The number of benzene rings is 2. The van der Waals surface area contributed by atoms with E-state index >= 15 is 0 Å². The highest BCUT2D eigenvalue weighted by Gasteiger charge is 2.63. The van der Waals surface area contributed by atoms with Crippen molar-refractivity contribution in [1.29, 1.82) is 0 Å². The molecule has 2 atom stereocenters. The van der Waals surface area contributed by atoms with Crippen LogP contribution in [0, 0.1) is 11.2 Å². The van der Waals surface area contributed by atoms with Gasteiger partial charge in [0.1, 0.15) is 5.60 Å². The Hall–Kier alpha value is -2.62. The van der Waals surface area contributed by atoms with Crippen LogP contribution in [0.2, 0.25) is 10.0 Å². The molecular formula is C25H21Cl2F4NO4. The SMILES string of the molecule is CC(C)(C)C1N(C(=O)O)CC12OCc1cc(C(=O)/C=C(\c3cc(Cl)c(F)c(Cl)c3)C(F)(F)F)ccc12. The average Bonchev–Trinajstić information content (AvgIpc) is 3.11. The predicted molar refractivity (Wildman–Crippen MR) is 126 cm³/mol. The lowest BCUT2D eigenvalue weighted by Gasteiger charge is -2.58. The number of halogens is 6. The molecule has 0 bridgehead atoms. The molecule has 1 fully saturated rings. The van der Waals surface area contributed by atoms with Crippen LogP contribution in [-0.4, -0.2) is 40.6 Å². The number of rotatable bonds is 3. The number of carboxylic acid groups (broad SMARTS) is 1. The Bertz CT molecular complexity index is 1280. The first-order valence-corrected chi connectivity index (χ1v) is 11.6. The second-order valence-electron chi connectivity index (χ2n) is 9.90. The van der Waals surface area contributed by atoms with Crippen LogP contribution >= 0.6 is 23.2 Å². The van der Waals surface area contributed by atoms with Gasteiger partial charge in [0.25, 0.3) is 0 Å². The van der Waals surface area contributed by atoms with Crippen molar-refractivity contribution in [1.82, 2.24) is 4.90 Å². The third kappa shape index (κ3) is 4.37. The number of alkyl halides is 3. The molecular weight excluding hydrogens is 525 g/mol. The Labute approximate surface area is 214 Å². The van der Waals surface area contributed by atoms with Crippen molar-refractivity contribution in [2.24, 2.45) is 5.41 Å². The Morgan fingerprint density at radius 3 is 2.25 bits per heavy atom. The second-order valence-corrected chi connectivity index (χ2v) is 10.7. The third-order valence-corrected chi connectivity index (χ3v) is 6.98. The first-order chi connectivity index (χ1) is 16.6. The highest BCUT2D eigenvalue weighted by atomic mass is 35.5. The highest BCUT2D eigenvalue weighted by Crippen LogP contribution is 2.54. The van der Waals surface area contributed by atoms with Gasteiger partial charge in [-0.15, -0.1) is 0 Å². The molecule has 4 rings (SSSR count). The fourth-order valence-electron chi connectivity index (χ4n) is 5.09. The number of nitrogens with zero attached hydrogens (tertiary/aromatic N) is 1. The number of hydrogen-bond donors (Lipinski definition) is 1. The molecule has 36 heavy (non-hydrogen) atoms. The van der Waals surface area contributed by atoms with Crippen LogP contribution in [0.1, 0.15) is 47.8 Å². The minimum absolute atomic E-state index is 0.0165. The van der Waals surface area contributed by atoms with Crippen molar-refractivity contribution in [3.8, 4) is 0 Å². The molecule has 0 saturated carbocycles. The van der Waals surface area contributed by atoms with Crippen LogP contribution < -0.4 is 0 Å². The Morgan fingerprint density at radius 1 is 1.11 bits per heavy atom. The van der Waals surface area contributed by atoms with E-state index in [2.05, 4.69) is 0 Å². The van der Waals surface area contributed by atoms with Gasteiger partial charge in [0, 0.05) is 5.56 Å². The summed E-state index contributed by atoms with van der Waals surface area (Å²) in [5.41, 5.74) is -1.96. The summed E-state index contributed by atoms with van der Waals surface area (Å²) < 4.78 is 61.2. The molecule has 1 saturated heterocycles. The van der Waals surface area contributed by atoms with Crippen molar-refractivity contribution in [3.63, 3.8) is 0 Å². The van der Waals surface area contributed by atoms with Gasteiger partial charge in [-0.3, -0.25) is 9.69 Å². The van der Waals surface area contributed by atoms with E-state index in [4.69, 9.17) is 27.9 Å². The lowest BCUT2D eigenvalue weighted by molar-refractivity contribution is -0.203. The molecule has 2 aromatic rings. The van der Waals surface area contributed by atoms with Crippen LogP contribution in [-0.2, 0) is 16.9 Å². The fraction of sp³-hybridized carbons (Fsp3) is 0.360. The minimum atomic E-state index is -4.95. The largest absolute Gasteiger partial charge is 0.465 e. The number of carbonyl (C=O) groups excluding carboxylic acids is 1. The van der Waals surface area contributed by atoms with E-state index < -0.39 is 62.1 Å². The smallest absolute Gasteiger partial charge is 0.417 e. The average molecular weight is 546 g/mol. The molecule has 1 spiro atoms. The number of ether oxygens (including phenoxy) is 1. The molecule has 5 nitrogen and oxygen atoms in total. The molecule has 192 valence electrons. The van der Waals surface area contributed by atoms with Gasteiger partial charge in [-0.05, 0) is 46.4 Å². The number of amides is 1. The van der Waals surface area contributed by atoms with Crippen LogP contribution in [0.5, 0.6) is 0 Å². The number of fused-ring (bicyclic) bond motifs is 2. The second kappa shape index (κ2) is 8.75. The van der Waals surface area contributed by atoms with Gasteiger partial charge in [-0.2, -0.15) is 13.2 Å². The molecule has 0 radical (unpaired) electrons. The summed E-state index contributed by atoms with van der Waals surface area (Å²) in [5.74, 6) is -2.00. The summed E-state index contributed by atoms with van der Waals surface area (Å²) in [4.78, 5) is 25.9. The van der Waals surface area contributed by atoms with Crippen molar-refractivity contribution in [2.75, 3.05) is 6.54 Å². The van der Waals surface area contributed by atoms with Crippen molar-refractivity contribution < 1.29 is 37.0 Å². The molecule has 1 amide bonds. The maximum Gasteiger partial charge on any atom is 0.417 e. The minimum Gasteiger partial charge on any atom is -0.465 e. The summed E-state index contributed by atoms with van der Waals surface area (Å²) in [6.45, 7) is 5.87. The van der Waals surface area contributed by atoms with Crippen molar-refractivity contribution in [3.05, 3.63) is 74.5 Å². The summed E-state index contributed by atoms with van der Waals surface area (Å²) in [6, 6.07) is 5.45. The van der Waals surface area contributed by atoms with E-state index in [9.17, 15) is 32.3 Å². The monoisotopic (exact) mass is 545 g/mol. The predicted octanol–water partition coefficient (Wildman–Crippen LogP) is 7.09. The topological polar surface area (TPSA) is 66.8 Å². The number of carbonyl (C=O) groups is 2. The molecule has 0 aliphatic carbocycles. The van der Waals surface area contributed by atoms with Crippen molar-refractivity contribution >= 4 is 40.7 Å². The van der Waals surface area contributed by atoms with Crippen LogP contribution in [0.15, 0.2) is 36.4 Å². The van der Waals surface area contributed by atoms with Gasteiger partial charge in [0.15, 0.2) is 11.6 Å². The molecule has 2 unspecified atom stereocenters. The van der Waals surface area contributed by atoms with Gasteiger partial charge in [-0.25, -0.2) is 9.18 Å². The molecule has 0 aromatic heterocycles. The molecule has 2 heterocycles. The zero-order chi connectivity index (χ0) is 26.8. The van der Waals surface area contributed by atoms with E-state index in [-0.39, 0.29) is 18.7 Å². The zero-order valence-corrected chi connectivity index (χ0v) is 20.9. The van der Waals surface area contributed by atoms with Gasteiger partial charge in [0.2, 0.25) is 0 Å². The van der Waals surface area contributed by atoms with Gasteiger partial charge < -0.3 is 9.84 Å². The molecule has 2 aliphatic heterocycles. The number of likely N-dealkylation sites (tertiary alicyclic amines) is 1.